The SMILES string of the molecule is CC1(C)c2ccccc2-c2ccc(-c3cc4c(cc3N(c3ccc5c(c3)C(C)(C)c3ccccc3-5)c3ccc5c(c3)oc3ccccc35)oc3c5ccccc5ccc43)cc21. The molecule has 11 aromatic rings. The first kappa shape index (κ1) is 34.5. The molecule has 2 heterocycles. The number of rotatable bonds is 4. The summed E-state index contributed by atoms with van der Waals surface area (Å²) in [6.45, 7) is 9.43. The van der Waals surface area contributed by atoms with Crippen molar-refractivity contribution in [2.75, 3.05) is 4.90 Å². The molecule has 0 saturated carbocycles. The third-order valence-corrected chi connectivity index (χ3v) is 14.1. The first-order chi connectivity index (χ1) is 29.7. The van der Waals surface area contributed by atoms with E-state index in [-0.39, 0.29) is 10.8 Å². The van der Waals surface area contributed by atoms with Gasteiger partial charge in [-0.3, -0.25) is 0 Å². The van der Waals surface area contributed by atoms with Gasteiger partial charge < -0.3 is 13.7 Å². The van der Waals surface area contributed by atoms with Crippen molar-refractivity contribution in [3.63, 3.8) is 0 Å². The van der Waals surface area contributed by atoms with Gasteiger partial charge in [-0.2, -0.15) is 0 Å². The van der Waals surface area contributed by atoms with E-state index in [1.54, 1.807) is 0 Å². The van der Waals surface area contributed by atoms with Crippen LogP contribution in [0, 0.1) is 0 Å². The second-order valence-electron chi connectivity index (χ2n) is 18.1. The Bertz CT molecular complexity index is 3670. The molecule has 9 aromatic carbocycles. The van der Waals surface area contributed by atoms with E-state index in [0.717, 1.165) is 82.8 Å². The van der Waals surface area contributed by atoms with Crippen molar-refractivity contribution in [3.05, 3.63) is 198 Å². The standard InChI is InChI=1S/C58H41NO2/c1-57(2)48-18-10-7-15-39(48)41-25-22-35(29-50(41)57)46-32-47-45-26-21-34-13-5-6-14-38(34)56(45)61-55(47)33-52(46)59(37-24-28-44-43-17-9-12-20-53(43)60-54(44)31-37)36-23-27-42-40-16-8-11-19-49(40)58(3,4)51(42)30-36/h5-33H,1-4H3. The minimum atomic E-state index is -0.177. The Hall–Kier alpha value is -7.36. The average Bonchev–Trinajstić information content (AvgIpc) is 3.98. The van der Waals surface area contributed by atoms with E-state index in [1.807, 2.05) is 6.07 Å². The van der Waals surface area contributed by atoms with Crippen molar-refractivity contribution in [1.29, 1.82) is 0 Å². The Morgan fingerprint density at radius 1 is 0.361 bits per heavy atom. The van der Waals surface area contributed by atoms with Gasteiger partial charge >= 0.3 is 0 Å². The summed E-state index contributed by atoms with van der Waals surface area (Å²) >= 11 is 0. The van der Waals surface area contributed by atoms with Crippen molar-refractivity contribution < 1.29 is 8.83 Å². The van der Waals surface area contributed by atoms with Crippen LogP contribution in [0.1, 0.15) is 49.9 Å². The lowest BCUT2D eigenvalue weighted by Gasteiger charge is -2.30. The molecule has 2 aliphatic rings. The molecule has 0 amide bonds. The van der Waals surface area contributed by atoms with E-state index in [0.29, 0.717) is 0 Å². The molecule has 2 aromatic heterocycles. The normalized spacial score (nSPS) is 14.5. The van der Waals surface area contributed by atoms with Gasteiger partial charge in [0, 0.05) is 66.8 Å². The third kappa shape index (κ3) is 4.75. The lowest BCUT2D eigenvalue weighted by Crippen LogP contribution is -2.17. The van der Waals surface area contributed by atoms with Gasteiger partial charge in [0.25, 0.3) is 0 Å². The maximum atomic E-state index is 6.98. The summed E-state index contributed by atoms with van der Waals surface area (Å²) in [7, 11) is 0. The highest BCUT2D eigenvalue weighted by atomic mass is 16.3. The number of hydrogen-bond donors (Lipinski definition) is 0. The molecule has 3 nitrogen and oxygen atoms in total. The fourth-order valence-electron chi connectivity index (χ4n) is 10.9. The zero-order valence-corrected chi connectivity index (χ0v) is 34.5. The summed E-state index contributed by atoms with van der Waals surface area (Å²) in [5, 5.41) is 6.71. The average molecular weight is 784 g/mol. The highest BCUT2D eigenvalue weighted by Gasteiger charge is 2.37. The van der Waals surface area contributed by atoms with Crippen molar-refractivity contribution in [1.82, 2.24) is 0 Å². The van der Waals surface area contributed by atoms with Crippen LogP contribution in [0.15, 0.2) is 185 Å². The molecular formula is C58H41NO2. The fourth-order valence-corrected chi connectivity index (χ4v) is 10.9. The van der Waals surface area contributed by atoms with E-state index < -0.39 is 0 Å². The van der Waals surface area contributed by atoms with Crippen LogP contribution in [0.4, 0.5) is 17.1 Å². The molecule has 0 bridgehead atoms. The van der Waals surface area contributed by atoms with E-state index in [9.17, 15) is 0 Å². The van der Waals surface area contributed by atoms with Crippen molar-refractivity contribution in [2.24, 2.45) is 0 Å². The van der Waals surface area contributed by atoms with Gasteiger partial charge in [0.2, 0.25) is 0 Å². The molecule has 0 radical (unpaired) electrons. The van der Waals surface area contributed by atoms with E-state index >= 15 is 0 Å². The van der Waals surface area contributed by atoms with Gasteiger partial charge in [0.15, 0.2) is 0 Å². The van der Waals surface area contributed by atoms with Crippen LogP contribution >= 0.6 is 0 Å². The molecule has 0 aliphatic heterocycles. The minimum absolute atomic E-state index is 0.153. The van der Waals surface area contributed by atoms with E-state index in [4.69, 9.17) is 8.83 Å². The number of hydrogen-bond acceptors (Lipinski definition) is 3. The molecule has 3 heteroatoms. The highest BCUT2D eigenvalue weighted by molar-refractivity contribution is 6.17. The van der Waals surface area contributed by atoms with Crippen LogP contribution in [-0.4, -0.2) is 0 Å². The molecule has 0 N–H and O–H groups in total. The van der Waals surface area contributed by atoms with Crippen molar-refractivity contribution >= 4 is 71.7 Å². The van der Waals surface area contributed by atoms with Crippen molar-refractivity contribution in [2.45, 2.75) is 38.5 Å². The topological polar surface area (TPSA) is 29.5 Å². The molecule has 0 unspecified atom stereocenters. The highest BCUT2D eigenvalue weighted by Crippen LogP contribution is 2.54. The van der Waals surface area contributed by atoms with Crippen LogP contribution in [0.5, 0.6) is 0 Å². The van der Waals surface area contributed by atoms with Gasteiger partial charge in [0.1, 0.15) is 22.3 Å². The summed E-state index contributed by atoms with van der Waals surface area (Å²) in [5.41, 5.74) is 19.2. The van der Waals surface area contributed by atoms with E-state index in [2.05, 4.69) is 202 Å². The second-order valence-corrected chi connectivity index (χ2v) is 18.1. The smallest absolute Gasteiger partial charge is 0.143 e. The Labute approximate surface area is 354 Å². The molecule has 61 heavy (non-hydrogen) atoms. The van der Waals surface area contributed by atoms with Crippen LogP contribution in [0.2, 0.25) is 0 Å². The number of nitrogens with zero attached hydrogens (tertiary/aromatic N) is 1. The van der Waals surface area contributed by atoms with Gasteiger partial charge in [-0.05, 0) is 104 Å². The second kappa shape index (κ2) is 12.1. The summed E-state index contributed by atoms with van der Waals surface area (Å²) in [4.78, 5) is 2.43. The maximum Gasteiger partial charge on any atom is 0.143 e. The summed E-state index contributed by atoms with van der Waals surface area (Å²) in [6.07, 6.45) is 0. The Kier molecular flexibility index (Phi) is 6.85. The zero-order valence-electron chi connectivity index (χ0n) is 34.5. The molecule has 0 saturated heterocycles. The molecule has 290 valence electrons. The number of anilines is 3. The number of furan rings is 2. The zero-order chi connectivity index (χ0) is 40.8. The van der Waals surface area contributed by atoms with Crippen molar-refractivity contribution in [3.8, 4) is 33.4 Å². The first-order valence-corrected chi connectivity index (χ1v) is 21.3. The number of para-hydroxylation sites is 1. The van der Waals surface area contributed by atoms with Gasteiger partial charge in [-0.1, -0.05) is 143 Å². The first-order valence-electron chi connectivity index (χ1n) is 21.3. The van der Waals surface area contributed by atoms with Gasteiger partial charge in [-0.25, -0.2) is 0 Å². The van der Waals surface area contributed by atoms with E-state index in [1.165, 1.54) is 44.5 Å². The lowest BCUT2D eigenvalue weighted by molar-refractivity contribution is 0.660. The lowest BCUT2D eigenvalue weighted by atomic mass is 9.81. The monoisotopic (exact) mass is 783 g/mol. The number of fused-ring (bicyclic) bond motifs is 14. The predicted octanol–water partition coefficient (Wildman–Crippen LogP) is 16.4. The maximum absolute atomic E-state index is 6.98. The minimum Gasteiger partial charge on any atom is -0.456 e. The molecule has 13 rings (SSSR count). The van der Waals surface area contributed by atoms with Gasteiger partial charge in [0.05, 0.1) is 5.69 Å². The van der Waals surface area contributed by atoms with Crippen LogP contribution in [0.25, 0.3) is 88.0 Å². The van der Waals surface area contributed by atoms with Crippen LogP contribution < -0.4 is 4.90 Å². The van der Waals surface area contributed by atoms with Gasteiger partial charge in [-0.15, -0.1) is 0 Å². The molecule has 2 aliphatic carbocycles. The summed E-state index contributed by atoms with van der Waals surface area (Å²) < 4.78 is 13.6. The fraction of sp³-hybridized carbons (Fsp3) is 0.103. The Morgan fingerprint density at radius 2 is 0.934 bits per heavy atom. The molecular weight excluding hydrogens is 743 g/mol. The van der Waals surface area contributed by atoms with Crippen LogP contribution in [0.3, 0.4) is 0 Å². The Morgan fingerprint density at radius 3 is 1.72 bits per heavy atom. The third-order valence-electron chi connectivity index (χ3n) is 14.1. The summed E-state index contributed by atoms with van der Waals surface area (Å²) in [5.74, 6) is 0. The summed E-state index contributed by atoms with van der Waals surface area (Å²) in [6, 6.07) is 64.5. The quantitative estimate of drug-likeness (QED) is 0.178. The molecule has 0 spiro atoms. The number of benzene rings is 9. The Balaban J connectivity index is 1.12. The molecule has 0 atom stereocenters. The molecule has 0 fully saturated rings. The largest absolute Gasteiger partial charge is 0.456 e. The predicted molar refractivity (Wildman–Crippen MR) is 254 cm³/mol. The van der Waals surface area contributed by atoms with Crippen LogP contribution in [-0.2, 0) is 10.8 Å².